The van der Waals surface area contributed by atoms with Gasteiger partial charge in [-0.1, -0.05) is 50.6 Å². The Morgan fingerprint density at radius 3 is 2.36 bits per heavy atom. The molecule has 2 N–H and O–H groups in total. The van der Waals surface area contributed by atoms with Crippen molar-refractivity contribution in [2.24, 2.45) is 28.6 Å². The van der Waals surface area contributed by atoms with Gasteiger partial charge in [-0.05, 0) is 43.1 Å². The van der Waals surface area contributed by atoms with Crippen molar-refractivity contribution in [1.82, 2.24) is 30.2 Å². The van der Waals surface area contributed by atoms with E-state index in [0.29, 0.717) is 44.3 Å². The van der Waals surface area contributed by atoms with E-state index in [4.69, 9.17) is 4.74 Å². The number of aromatic nitrogens is 2. The van der Waals surface area contributed by atoms with Crippen molar-refractivity contribution >= 4 is 23.6 Å². The summed E-state index contributed by atoms with van der Waals surface area (Å²) in [7, 11) is 1.55. The van der Waals surface area contributed by atoms with E-state index in [2.05, 4.69) is 29.6 Å². The zero-order valence-electron chi connectivity index (χ0n) is 26.8. The fraction of sp³-hybridized carbons (Fsp3) is 0.618. The first kappa shape index (κ1) is 31.3. The molecule has 2 aromatic rings. The first-order valence-electron chi connectivity index (χ1n) is 16.3. The molecular weight excluding hydrogens is 572 g/mol. The molecule has 2 aliphatic carbocycles. The summed E-state index contributed by atoms with van der Waals surface area (Å²) in [4.78, 5) is 57.5. The highest BCUT2D eigenvalue weighted by Crippen LogP contribution is 2.54. The van der Waals surface area contributed by atoms with Crippen molar-refractivity contribution in [1.29, 1.82) is 0 Å². The first-order chi connectivity index (χ1) is 21.5. The van der Waals surface area contributed by atoms with Crippen LogP contribution < -0.4 is 10.6 Å². The van der Waals surface area contributed by atoms with Crippen LogP contribution in [-0.4, -0.2) is 95.2 Å². The van der Waals surface area contributed by atoms with Crippen molar-refractivity contribution in [2.75, 3.05) is 39.8 Å². The molecule has 2 saturated heterocycles. The quantitative estimate of drug-likeness (QED) is 0.398. The molecule has 0 radical (unpaired) electrons. The minimum atomic E-state index is -0.870. The third kappa shape index (κ3) is 6.36. The highest BCUT2D eigenvalue weighted by atomic mass is 16.5. The molecule has 4 aliphatic rings. The smallest absolute Gasteiger partial charge is 0.257 e. The number of nitrogens with one attached hydrogen (secondary N) is 2. The molecular formula is C34H46N6O5. The largest absolute Gasteiger partial charge is 0.376 e. The number of carbonyl (C=O) groups is 4. The number of hydrogen-bond donors (Lipinski definition) is 2. The van der Waals surface area contributed by atoms with Crippen molar-refractivity contribution < 1.29 is 23.9 Å². The lowest BCUT2D eigenvalue weighted by atomic mass is 9.70. The number of ether oxygens (including phenoxy) is 1. The van der Waals surface area contributed by atoms with Crippen LogP contribution in [0.25, 0.3) is 0 Å². The van der Waals surface area contributed by atoms with Gasteiger partial charge < -0.3 is 25.2 Å². The van der Waals surface area contributed by atoms with Crippen LogP contribution in [0, 0.1) is 28.6 Å². The Kier molecular flexibility index (Phi) is 8.49. The van der Waals surface area contributed by atoms with Crippen molar-refractivity contribution in [3.63, 3.8) is 0 Å². The summed E-state index contributed by atoms with van der Waals surface area (Å²) in [6.07, 6.45) is 7.10. The van der Waals surface area contributed by atoms with E-state index in [9.17, 15) is 19.2 Å². The maximum absolute atomic E-state index is 14.0. The fourth-order valence-electron chi connectivity index (χ4n) is 7.15. The van der Waals surface area contributed by atoms with Crippen molar-refractivity contribution in [2.45, 2.75) is 65.1 Å². The van der Waals surface area contributed by atoms with Crippen LogP contribution in [0.2, 0.25) is 0 Å². The lowest BCUT2D eigenvalue weighted by molar-refractivity contribution is -0.152. The molecule has 2 aliphatic heterocycles. The van der Waals surface area contributed by atoms with Crippen LogP contribution in [-0.2, 0) is 25.7 Å². The van der Waals surface area contributed by atoms with Gasteiger partial charge in [0.15, 0.2) is 0 Å². The van der Waals surface area contributed by atoms with E-state index in [1.807, 2.05) is 42.2 Å². The fourth-order valence-corrected chi connectivity index (χ4v) is 7.15. The highest BCUT2D eigenvalue weighted by molar-refractivity contribution is 5.95. The highest BCUT2D eigenvalue weighted by Gasteiger charge is 2.62. The molecule has 2 saturated carbocycles. The van der Waals surface area contributed by atoms with Gasteiger partial charge in [-0.3, -0.25) is 23.9 Å². The summed E-state index contributed by atoms with van der Waals surface area (Å²) in [6, 6.07) is 9.03. The molecule has 1 aromatic heterocycles. The Morgan fingerprint density at radius 1 is 1.04 bits per heavy atom. The number of benzene rings is 1. The van der Waals surface area contributed by atoms with Gasteiger partial charge in [0.1, 0.15) is 6.04 Å². The Balaban J connectivity index is 1.17. The summed E-state index contributed by atoms with van der Waals surface area (Å²) in [6.45, 7) is 8.48. The second-order valence-electron chi connectivity index (χ2n) is 14.4. The molecule has 4 amide bonds. The van der Waals surface area contributed by atoms with Gasteiger partial charge in [0, 0.05) is 57.4 Å². The van der Waals surface area contributed by atoms with Crippen LogP contribution in [0.15, 0.2) is 42.7 Å². The lowest BCUT2D eigenvalue weighted by Gasteiger charge is -2.50. The number of nitrogens with zero attached hydrogens (tertiary/aromatic N) is 4. The van der Waals surface area contributed by atoms with Gasteiger partial charge in [0.25, 0.3) is 5.91 Å². The third-order valence-electron chi connectivity index (χ3n) is 10.6. The number of likely N-dealkylation sites (N-methyl/N-ethyl adjacent to an activating group) is 1. The van der Waals surface area contributed by atoms with Crippen LogP contribution in [0.3, 0.4) is 0 Å². The minimum Gasteiger partial charge on any atom is -0.376 e. The lowest BCUT2D eigenvalue weighted by Crippen LogP contribution is -2.65. The first-order valence-corrected chi connectivity index (χ1v) is 16.3. The topological polar surface area (TPSA) is 126 Å². The van der Waals surface area contributed by atoms with Gasteiger partial charge in [-0.25, -0.2) is 0 Å². The molecule has 3 heterocycles. The average molecular weight is 619 g/mol. The number of likely N-dealkylation sites (tertiary alicyclic amines) is 2. The van der Waals surface area contributed by atoms with E-state index in [0.717, 1.165) is 24.8 Å². The standard InChI is InChI=1S/C34H46N6O5/c1-22(45-18-24-11-8-12-24)28(30(42)35-4)37-29(41)27-17-38(19-34(27)20-39(21-34)32(44)26-13-33(26,2)3)31(43)25-14-36-40(16-25)15-23-9-6-5-7-10-23/h5-7,9-10,14,16,22,24,26-28H,8,11-13,15,17-21H2,1-4H3,(H,35,42)(H,37,41)/t22-,26-,27+,28+/m1/s1. The zero-order valence-corrected chi connectivity index (χ0v) is 26.8. The second-order valence-corrected chi connectivity index (χ2v) is 14.4. The Bertz CT molecular complexity index is 1430. The molecule has 0 unspecified atom stereocenters. The van der Waals surface area contributed by atoms with E-state index >= 15 is 0 Å². The summed E-state index contributed by atoms with van der Waals surface area (Å²) in [5.74, 6) is -0.771. The summed E-state index contributed by atoms with van der Waals surface area (Å²) < 4.78 is 7.78. The van der Waals surface area contributed by atoms with Crippen LogP contribution in [0.5, 0.6) is 0 Å². The van der Waals surface area contributed by atoms with Crippen LogP contribution in [0.4, 0.5) is 0 Å². The third-order valence-corrected chi connectivity index (χ3v) is 10.6. The van der Waals surface area contributed by atoms with Gasteiger partial charge in [-0.15, -0.1) is 0 Å². The molecule has 6 rings (SSSR count). The van der Waals surface area contributed by atoms with Crippen LogP contribution in [0.1, 0.15) is 62.4 Å². The zero-order chi connectivity index (χ0) is 31.9. The molecule has 4 atom stereocenters. The van der Waals surface area contributed by atoms with E-state index in [1.54, 1.807) is 29.0 Å². The summed E-state index contributed by atoms with van der Waals surface area (Å²) in [5.41, 5.74) is 0.948. The molecule has 11 nitrogen and oxygen atoms in total. The predicted molar refractivity (Wildman–Crippen MR) is 167 cm³/mol. The molecule has 1 aromatic carbocycles. The monoisotopic (exact) mass is 618 g/mol. The Labute approximate surface area is 265 Å². The molecule has 1 spiro atoms. The average Bonchev–Trinajstić information content (AvgIpc) is 3.30. The van der Waals surface area contributed by atoms with Gasteiger partial charge in [-0.2, -0.15) is 5.10 Å². The van der Waals surface area contributed by atoms with E-state index in [-0.39, 0.29) is 41.5 Å². The predicted octanol–water partition coefficient (Wildman–Crippen LogP) is 2.31. The Morgan fingerprint density at radius 2 is 1.73 bits per heavy atom. The van der Waals surface area contributed by atoms with Crippen molar-refractivity contribution in [3.8, 4) is 0 Å². The van der Waals surface area contributed by atoms with Crippen LogP contribution >= 0.6 is 0 Å². The van der Waals surface area contributed by atoms with Gasteiger partial charge >= 0.3 is 0 Å². The van der Waals surface area contributed by atoms with Gasteiger partial charge in [0.05, 0.1) is 30.3 Å². The Hall–Kier alpha value is -3.73. The summed E-state index contributed by atoms with van der Waals surface area (Å²) >= 11 is 0. The SMILES string of the molecule is CNC(=O)[C@@H](NC(=O)[C@@H]1CN(C(=O)c2cnn(Cc3ccccc3)c2)CC12CN(C(=O)[C@H]1CC1(C)C)C2)[C@@H](C)OCC1CCC1. The van der Waals surface area contributed by atoms with Gasteiger partial charge in [0.2, 0.25) is 17.7 Å². The minimum absolute atomic E-state index is 0.00279. The second kappa shape index (κ2) is 12.2. The number of rotatable bonds is 11. The van der Waals surface area contributed by atoms with Crippen molar-refractivity contribution in [3.05, 3.63) is 53.9 Å². The molecule has 242 valence electrons. The molecule has 11 heteroatoms. The number of carbonyl (C=O) groups excluding carboxylic acids is 4. The molecule has 4 fully saturated rings. The molecule has 0 bridgehead atoms. The number of amides is 4. The maximum atomic E-state index is 14.0. The van der Waals surface area contributed by atoms with E-state index in [1.165, 1.54) is 6.42 Å². The van der Waals surface area contributed by atoms with E-state index < -0.39 is 23.5 Å². The maximum Gasteiger partial charge on any atom is 0.257 e. The normalized spacial score (nSPS) is 24.4. The number of hydrogen-bond acceptors (Lipinski definition) is 6. The summed E-state index contributed by atoms with van der Waals surface area (Å²) in [5, 5.41) is 10.1. The molecule has 45 heavy (non-hydrogen) atoms.